The Balaban J connectivity index is 2.48. The molecular formula is C17H26BrN3O2. The summed E-state index contributed by atoms with van der Waals surface area (Å²) in [6, 6.07) is 7.93. The van der Waals surface area contributed by atoms with Crippen molar-refractivity contribution >= 4 is 27.7 Å². The number of hydrogen-bond donors (Lipinski definition) is 1. The summed E-state index contributed by atoms with van der Waals surface area (Å²) in [6.45, 7) is 6.74. The monoisotopic (exact) mass is 383 g/mol. The Bertz CT molecular complexity index is 555. The first kappa shape index (κ1) is 19.6. The van der Waals surface area contributed by atoms with Gasteiger partial charge in [-0.3, -0.25) is 14.5 Å². The molecule has 1 rings (SSSR count). The minimum Gasteiger partial charge on any atom is -0.350 e. The number of nitrogens with zero attached hydrogens (tertiary/aromatic N) is 2. The van der Waals surface area contributed by atoms with Gasteiger partial charge in [0, 0.05) is 23.6 Å². The molecule has 0 atom stereocenters. The van der Waals surface area contributed by atoms with E-state index in [-0.39, 0.29) is 30.4 Å². The molecule has 0 heterocycles. The zero-order chi connectivity index (χ0) is 17.6. The molecule has 0 aliphatic heterocycles. The van der Waals surface area contributed by atoms with E-state index in [0.717, 1.165) is 10.0 Å². The largest absolute Gasteiger partial charge is 0.350 e. The predicted octanol–water partition coefficient (Wildman–Crippen LogP) is 2.25. The van der Waals surface area contributed by atoms with E-state index >= 15 is 0 Å². The Hall–Kier alpha value is -1.40. The first-order valence-corrected chi connectivity index (χ1v) is 8.34. The highest BCUT2D eigenvalue weighted by Gasteiger charge is 2.18. The minimum absolute atomic E-state index is 0.0684. The molecule has 1 aromatic carbocycles. The van der Waals surface area contributed by atoms with Gasteiger partial charge in [0.05, 0.1) is 13.1 Å². The summed E-state index contributed by atoms with van der Waals surface area (Å²) in [7, 11) is 3.54. The van der Waals surface area contributed by atoms with Crippen molar-refractivity contribution in [3.8, 4) is 0 Å². The van der Waals surface area contributed by atoms with E-state index in [1.807, 2.05) is 57.0 Å². The molecule has 0 aliphatic rings. The van der Waals surface area contributed by atoms with Crippen molar-refractivity contribution < 1.29 is 9.59 Å². The molecule has 2 amide bonds. The van der Waals surface area contributed by atoms with Gasteiger partial charge in [-0.05, 0) is 39.4 Å². The van der Waals surface area contributed by atoms with Crippen LogP contribution in [-0.4, -0.2) is 54.3 Å². The number of rotatable bonds is 6. The van der Waals surface area contributed by atoms with Gasteiger partial charge in [0.1, 0.15) is 0 Å². The summed E-state index contributed by atoms with van der Waals surface area (Å²) in [6.07, 6.45) is 0. The van der Waals surface area contributed by atoms with Crippen LogP contribution >= 0.6 is 15.9 Å². The van der Waals surface area contributed by atoms with Crippen LogP contribution in [0, 0.1) is 0 Å². The molecule has 23 heavy (non-hydrogen) atoms. The second-order valence-electron chi connectivity index (χ2n) is 6.81. The van der Waals surface area contributed by atoms with Crippen LogP contribution in [0.2, 0.25) is 0 Å². The Morgan fingerprint density at radius 2 is 1.74 bits per heavy atom. The maximum atomic E-state index is 12.2. The highest BCUT2D eigenvalue weighted by molar-refractivity contribution is 9.10. The minimum atomic E-state index is -0.294. The van der Waals surface area contributed by atoms with E-state index in [9.17, 15) is 9.59 Å². The molecule has 0 radical (unpaired) electrons. The third-order valence-corrected chi connectivity index (χ3v) is 3.90. The lowest BCUT2D eigenvalue weighted by molar-refractivity contribution is -0.136. The van der Waals surface area contributed by atoms with Gasteiger partial charge in [-0.25, -0.2) is 0 Å². The Kier molecular flexibility index (Phi) is 7.22. The lowest BCUT2D eigenvalue weighted by atomic mass is 10.1. The summed E-state index contributed by atoms with van der Waals surface area (Å²) in [5.74, 6) is -0.231. The second kappa shape index (κ2) is 8.45. The molecule has 6 heteroatoms. The van der Waals surface area contributed by atoms with Crippen LogP contribution in [0.4, 0.5) is 0 Å². The lowest BCUT2D eigenvalue weighted by Crippen LogP contribution is -2.47. The van der Waals surface area contributed by atoms with Crippen LogP contribution in [0.15, 0.2) is 28.7 Å². The summed E-state index contributed by atoms with van der Waals surface area (Å²) in [5, 5.41) is 2.85. The van der Waals surface area contributed by atoms with Crippen molar-refractivity contribution in [3.05, 3.63) is 34.3 Å². The number of benzene rings is 1. The van der Waals surface area contributed by atoms with Crippen LogP contribution in [0.5, 0.6) is 0 Å². The van der Waals surface area contributed by atoms with Crippen LogP contribution in [-0.2, 0) is 16.1 Å². The SMILES string of the molecule is CN(CC(=O)N(C)CC(=O)NC(C)(C)C)Cc1ccccc1Br. The topological polar surface area (TPSA) is 52.7 Å². The van der Waals surface area contributed by atoms with Crippen LogP contribution in [0.25, 0.3) is 0 Å². The third kappa shape index (κ3) is 7.61. The summed E-state index contributed by atoms with van der Waals surface area (Å²) in [5.41, 5.74) is 0.827. The van der Waals surface area contributed by atoms with Crippen molar-refractivity contribution in [2.75, 3.05) is 27.2 Å². The van der Waals surface area contributed by atoms with E-state index in [1.165, 1.54) is 4.90 Å². The fourth-order valence-electron chi connectivity index (χ4n) is 2.09. The molecule has 0 unspecified atom stereocenters. The molecule has 5 nitrogen and oxygen atoms in total. The van der Waals surface area contributed by atoms with Crippen LogP contribution < -0.4 is 5.32 Å². The molecule has 1 N–H and O–H groups in total. The number of carbonyl (C=O) groups is 2. The van der Waals surface area contributed by atoms with Crippen molar-refractivity contribution in [2.24, 2.45) is 0 Å². The van der Waals surface area contributed by atoms with E-state index in [0.29, 0.717) is 6.54 Å². The molecule has 0 aliphatic carbocycles. The molecule has 0 aromatic heterocycles. The average molecular weight is 384 g/mol. The van der Waals surface area contributed by atoms with Gasteiger partial charge in [-0.2, -0.15) is 0 Å². The normalized spacial score (nSPS) is 11.4. The van der Waals surface area contributed by atoms with E-state index in [1.54, 1.807) is 7.05 Å². The highest BCUT2D eigenvalue weighted by Crippen LogP contribution is 2.17. The van der Waals surface area contributed by atoms with Gasteiger partial charge < -0.3 is 10.2 Å². The van der Waals surface area contributed by atoms with Crippen molar-refractivity contribution in [2.45, 2.75) is 32.9 Å². The molecule has 0 spiro atoms. The number of amides is 2. The van der Waals surface area contributed by atoms with Gasteiger partial charge >= 0.3 is 0 Å². The number of hydrogen-bond acceptors (Lipinski definition) is 3. The van der Waals surface area contributed by atoms with Crippen LogP contribution in [0.1, 0.15) is 26.3 Å². The molecule has 0 saturated heterocycles. The molecule has 0 bridgehead atoms. The van der Waals surface area contributed by atoms with Gasteiger partial charge in [0.15, 0.2) is 0 Å². The Morgan fingerprint density at radius 3 is 2.30 bits per heavy atom. The van der Waals surface area contributed by atoms with Gasteiger partial charge in [0.25, 0.3) is 0 Å². The molecule has 128 valence electrons. The zero-order valence-corrected chi connectivity index (χ0v) is 16.1. The van der Waals surface area contributed by atoms with Gasteiger partial charge in [0.2, 0.25) is 11.8 Å². The number of carbonyl (C=O) groups excluding carboxylic acids is 2. The first-order chi connectivity index (χ1) is 10.6. The van der Waals surface area contributed by atoms with Crippen molar-refractivity contribution in [1.29, 1.82) is 0 Å². The number of nitrogens with one attached hydrogen (secondary N) is 1. The van der Waals surface area contributed by atoms with Crippen molar-refractivity contribution in [1.82, 2.24) is 15.1 Å². The Labute approximate surface area is 147 Å². The van der Waals surface area contributed by atoms with E-state index in [2.05, 4.69) is 21.2 Å². The fourth-order valence-corrected chi connectivity index (χ4v) is 2.50. The van der Waals surface area contributed by atoms with Gasteiger partial charge in [-0.1, -0.05) is 34.1 Å². The smallest absolute Gasteiger partial charge is 0.240 e. The maximum Gasteiger partial charge on any atom is 0.240 e. The number of halogens is 1. The van der Waals surface area contributed by atoms with E-state index in [4.69, 9.17) is 0 Å². The summed E-state index contributed by atoms with van der Waals surface area (Å²) >= 11 is 3.51. The highest BCUT2D eigenvalue weighted by atomic mass is 79.9. The van der Waals surface area contributed by atoms with E-state index < -0.39 is 0 Å². The van der Waals surface area contributed by atoms with Crippen LogP contribution in [0.3, 0.4) is 0 Å². The second-order valence-corrected chi connectivity index (χ2v) is 7.67. The maximum absolute atomic E-state index is 12.2. The number of likely N-dealkylation sites (N-methyl/N-ethyl adjacent to an activating group) is 2. The average Bonchev–Trinajstić information content (AvgIpc) is 2.38. The quantitative estimate of drug-likeness (QED) is 0.819. The molecule has 1 aromatic rings. The third-order valence-electron chi connectivity index (χ3n) is 3.12. The van der Waals surface area contributed by atoms with Crippen molar-refractivity contribution in [3.63, 3.8) is 0 Å². The predicted molar refractivity (Wildman–Crippen MR) is 96.0 cm³/mol. The Morgan fingerprint density at radius 1 is 1.13 bits per heavy atom. The molecule has 0 saturated carbocycles. The molecule has 0 fully saturated rings. The first-order valence-electron chi connectivity index (χ1n) is 7.55. The lowest BCUT2D eigenvalue weighted by Gasteiger charge is -2.25. The zero-order valence-electron chi connectivity index (χ0n) is 14.5. The standard InChI is InChI=1S/C17H26BrN3O2/c1-17(2,3)19-15(22)11-21(5)16(23)12-20(4)10-13-8-6-7-9-14(13)18/h6-9H,10-12H2,1-5H3,(H,19,22). The summed E-state index contributed by atoms with van der Waals surface area (Å²) < 4.78 is 1.03. The van der Waals surface area contributed by atoms with Gasteiger partial charge in [-0.15, -0.1) is 0 Å². The molecular weight excluding hydrogens is 358 g/mol. The summed E-state index contributed by atoms with van der Waals surface area (Å²) in [4.78, 5) is 27.5. The fraction of sp³-hybridized carbons (Fsp3) is 0.529.